The van der Waals surface area contributed by atoms with Gasteiger partial charge in [-0.15, -0.1) is 0 Å². The van der Waals surface area contributed by atoms with Gasteiger partial charge >= 0.3 is 0 Å². The lowest BCUT2D eigenvalue weighted by atomic mass is 9.76. The summed E-state index contributed by atoms with van der Waals surface area (Å²) < 4.78 is 22.3. The van der Waals surface area contributed by atoms with Crippen LogP contribution in [-0.4, -0.2) is 33.5 Å². The maximum atomic E-state index is 11.2. The number of rotatable bonds is 7. The summed E-state index contributed by atoms with van der Waals surface area (Å²) in [6.07, 6.45) is 9.75. The van der Waals surface area contributed by atoms with Gasteiger partial charge in [0.15, 0.2) is 0 Å². The molecule has 0 bridgehead atoms. The first-order valence-corrected chi connectivity index (χ1v) is 9.37. The topological polar surface area (TPSA) is 46.2 Å². The lowest BCUT2D eigenvalue weighted by molar-refractivity contribution is 0.207. The average Bonchev–Trinajstić information content (AvgIpc) is 2.33. The first kappa shape index (κ1) is 16.0. The third-order valence-electron chi connectivity index (χ3n) is 4.37. The standard InChI is InChI=1S/C14H29NO2S/c1-4-12-7-5-8-13(11-12)14(15-2)9-6-10-18(3,16)17/h12-15H,4-11H2,1-3H3. The molecular formula is C14H29NO2S. The van der Waals surface area contributed by atoms with Gasteiger partial charge in [0.2, 0.25) is 0 Å². The Morgan fingerprint density at radius 2 is 2.06 bits per heavy atom. The molecule has 0 radical (unpaired) electrons. The fraction of sp³-hybridized carbons (Fsp3) is 1.00. The Hall–Kier alpha value is -0.0900. The van der Waals surface area contributed by atoms with Crippen LogP contribution in [0.3, 0.4) is 0 Å². The first-order valence-electron chi connectivity index (χ1n) is 7.31. The van der Waals surface area contributed by atoms with Crippen LogP contribution >= 0.6 is 0 Å². The van der Waals surface area contributed by atoms with Crippen molar-refractivity contribution >= 4 is 9.84 Å². The molecule has 108 valence electrons. The van der Waals surface area contributed by atoms with Crippen LogP contribution in [0, 0.1) is 11.8 Å². The van der Waals surface area contributed by atoms with Crippen molar-refractivity contribution < 1.29 is 8.42 Å². The van der Waals surface area contributed by atoms with Gasteiger partial charge in [0.25, 0.3) is 0 Å². The summed E-state index contributed by atoms with van der Waals surface area (Å²) in [6, 6.07) is 0.501. The normalized spacial score (nSPS) is 27.1. The Labute approximate surface area is 113 Å². The quantitative estimate of drug-likeness (QED) is 0.777. The highest BCUT2D eigenvalue weighted by Crippen LogP contribution is 2.33. The van der Waals surface area contributed by atoms with Crippen LogP contribution in [0.1, 0.15) is 51.9 Å². The van der Waals surface area contributed by atoms with E-state index in [0.29, 0.717) is 11.8 Å². The van der Waals surface area contributed by atoms with Crippen molar-refractivity contribution in [2.75, 3.05) is 19.1 Å². The van der Waals surface area contributed by atoms with Crippen LogP contribution in [0.5, 0.6) is 0 Å². The van der Waals surface area contributed by atoms with E-state index < -0.39 is 9.84 Å². The molecule has 1 aliphatic carbocycles. The maximum absolute atomic E-state index is 11.2. The van der Waals surface area contributed by atoms with E-state index in [2.05, 4.69) is 12.2 Å². The van der Waals surface area contributed by atoms with Gasteiger partial charge in [-0.2, -0.15) is 0 Å². The van der Waals surface area contributed by atoms with Crippen molar-refractivity contribution in [3.05, 3.63) is 0 Å². The number of nitrogens with one attached hydrogen (secondary N) is 1. The number of sulfone groups is 1. The number of hydrogen-bond acceptors (Lipinski definition) is 3. The lowest BCUT2D eigenvalue weighted by Gasteiger charge is -2.34. The minimum Gasteiger partial charge on any atom is -0.317 e. The van der Waals surface area contributed by atoms with E-state index in [1.54, 1.807) is 0 Å². The van der Waals surface area contributed by atoms with E-state index in [0.717, 1.165) is 24.7 Å². The first-order chi connectivity index (χ1) is 8.46. The van der Waals surface area contributed by atoms with Crippen molar-refractivity contribution in [1.29, 1.82) is 0 Å². The molecule has 18 heavy (non-hydrogen) atoms. The maximum Gasteiger partial charge on any atom is 0.147 e. The van der Waals surface area contributed by atoms with Gasteiger partial charge < -0.3 is 5.32 Å². The van der Waals surface area contributed by atoms with Crippen molar-refractivity contribution in [2.45, 2.75) is 57.9 Å². The van der Waals surface area contributed by atoms with Crippen LogP contribution in [0.2, 0.25) is 0 Å². The third-order valence-corrected chi connectivity index (χ3v) is 5.40. The van der Waals surface area contributed by atoms with Crippen LogP contribution in [-0.2, 0) is 9.84 Å². The van der Waals surface area contributed by atoms with Gasteiger partial charge in [-0.05, 0) is 44.6 Å². The molecule has 0 aliphatic heterocycles. The molecule has 3 atom stereocenters. The van der Waals surface area contributed by atoms with E-state index in [-0.39, 0.29) is 0 Å². The summed E-state index contributed by atoms with van der Waals surface area (Å²) in [5.41, 5.74) is 0. The van der Waals surface area contributed by atoms with E-state index >= 15 is 0 Å². The summed E-state index contributed by atoms with van der Waals surface area (Å²) in [4.78, 5) is 0. The molecular weight excluding hydrogens is 246 g/mol. The van der Waals surface area contributed by atoms with Gasteiger partial charge in [-0.1, -0.05) is 26.2 Å². The summed E-state index contributed by atoms with van der Waals surface area (Å²) >= 11 is 0. The van der Waals surface area contributed by atoms with Gasteiger partial charge in [-0.25, -0.2) is 8.42 Å². The molecule has 1 aliphatic rings. The van der Waals surface area contributed by atoms with Gasteiger partial charge in [0, 0.05) is 18.1 Å². The zero-order chi connectivity index (χ0) is 13.6. The molecule has 1 saturated carbocycles. The molecule has 4 heteroatoms. The molecule has 0 aromatic rings. The predicted octanol–water partition coefficient (Wildman–Crippen LogP) is 2.62. The average molecular weight is 275 g/mol. The second-order valence-corrected chi connectivity index (χ2v) is 8.13. The molecule has 0 aromatic carbocycles. The van der Waals surface area contributed by atoms with Crippen LogP contribution in [0.4, 0.5) is 0 Å². The second-order valence-electron chi connectivity index (χ2n) is 5.87. The van der Waals surface area contributed by atoms with Crippen molar-refractivity contribution in [1.82, 2.24) is 5.32 Å². The molecule has 1 fully saturated rings. The second kappa shape index (κ2) is 7.49. The molecule has 0 amide bonds. The molecule has 3 unspecified atom stereocenters. The van der Waals surface area contributed by atoms with E-state index in [1.165, 1.54) is 38.4 Å². The van der Waals surface area contributed by atoms with Gasteiger partial charge in [-0.3, -0.25) is 0 Å². The Morgan fingerprint density at radius 3 is 2.61 bits per heavy atom. The third kappa shape index (κ3) is 5.70. The minimum absolute atomic E-state index is 0.328. The highest BCUT2D eigenvalue weighted by atomic mass is 32.2. The molecule has 0 aromatic heterocycles. The van der Waals surface area contributed by atoms with Crippen molar-refractivity contribution in [2.24, 2.45) is 11.8 Å². The summed E-state index contributed by atoms with van der Waals surface area (Å²) in [5.74, 6) is 1.96. The molecule has 0 saturated heterocycles. The SMILES string of the molecule is CCC1CCCC(C(CCCS(C)(=O)=O)NC)C1. The number of hydrogen-bond donors (Lipinski definition) is 1. The van der Waals surface area contributed by atoms with Gasteiger partial charge in [0.05, 0.1) is 0 Å². The summed E-state index contributed by atoms with van der Waals surface area (Å²) in [6.45, 7) is 2.28. The Morgan fingerprint density at radius 1 is 1.33 bits per heavy atom. The molecule has 3 nitrogen and oxygen atoms in total. The highest BCUT2D eigenvalue weighted by Gasteiger charge is 2.26. The fourth-order valence-electron chi connectivity index (χ4n) is 3.25. The van der Waals surface area contributed by atoms with Crippen molar-refractivity contribution in [3.8, 4) is 0 Å². The zero-order valence-corrected chi connectivity index (χ0v) is 12.9. The Bertz CT molecular complexity index is 327. The molecule has 0 heterocycles. The smallest absolute Gasteiger partial charge is 0.147 e. The fourth-order valence-corrected chi connectivity index (χ4v) is 3.94. The molecule has 1 N–H and O–H groups in total. The lowest BCUT2D eigenvalue weighted by Crippen LogP contribution is -2.36. The predicted molar refractivity (Wildman–Crippen MR) is 77.5 cm³/mol. The highest BCUT2D eigenvalue weighted by molar-refractivity contribution is 7.90. The zero-order valence-electron chi connectivity index (χ0n) is 12.1. The minimum atomic E-state index is -2.80. The van der Waals surface area contributed by atoms with Crippen molar-refractivity contribution in [3.63, 3.8) is 0 Å². The van der Waals surface area contributed by atoms with Crippen LogP contribution in [0.15, 0.2) is 0 Å². The largest absolute Gasteiger partial charge is 0.317 e. The molecule has 0 spiro atoms. The van der Waals surface area contributed by atoms with E-state index in [1.807, 2.05) is 7.05 Å². The van der Waals surface area contributed by atoms with Crippen LogP contribution < -0.4 is 5.32 Å². The van der Waals surface area contributed by atoms with Crippen LogP contribution in [0.25, 0.3) is 0 Å². The van der Waals surface area contributed by atoms with E-state index in [4.69, 9.17) is 0 Å². The van der Waals surface area contributed by atoms with E-state index in [9.17, 15) is 8.42 Å². The monoisotopic (exact) mass is 275 g/mol. The summed E-state index contributed by atoms with van der Waals surface area (Å²) in [5, 5.41) is 3.41. The Kier molecular flexibility index (Phi) is 6.64. The summed E-state index contributed by atoms with van der Waals surface area (Å²) in [7, 11) is -0.787. The molecule has 1 rings (SSSR count). The van der Waals surface area contributed by atoms with Gasteiger partial charge in [0.1, 0.15) is 9.84 Å². The Balaban J connectivity index is 2.40.